The molecule has 0 fully saturated rings. The van der Waals surface area contributed by atoms with E-state index in [2.05, 4.69) is 10.9 Å². The topological polar surface area (TPSA) is 101 Å². The van der Waals surface area contributed by atoms with Crippen molar-refractivity contribution >= 4 is 40.6 Å². The van der Waals surface area contributed by atoms with E-state index in [-0.39, 0.29) is 23.3 Å². The number of nitrogens with zero attached hydrogens (tertiary/aromatic N) is 1. The fourth-order valence-electron chi connectivity index (χ4n) is 1.44. The summed E-state index contributed by atoms with van der Waals surface area (Å²) in [5.74, 6) is -0.653. The maximum Gasteiger partial charge on any atom is 0.279 e. The lowest BCUT2D eigenvalue weighted by Crippen LogP contribution is -2.42. The van der Waals surface area contributed by atoms with Gasteiger partial charge >= 0.3 is 0 Å². The number of benzene rings is 1. The Balaban J connectivity index is 1.75. The number of amides is 2. The molecule has 0 aliphatic rings. The van der Waals surface area contributed by atoms with Crippen molar-refractivity contribution in [2.45, 2.75) is 4.90 Å². The van der Waals surface area contributed by atoms with Crippen molar-refractivity contribution < 1.29 is 14.5 Å². The maximum atomic E-state index is 11.6. The molecule has 2 N–H and O–H groups in total. The van der Waals surface area contributed by atoms with Gasteiger partial charge in [-0.2, -0.15) is 0 Å². The van der Waals surface area contributed by atoms with Gasteiger partial charge in [0.2, 0.25) is 5.91 Å². The van der Waals surface area contributed by atoms with Crippen molar-refractivity contribution in [1.29, 1.82) is 0 Å². The van der Waals surface area contributed by atoms with Crippen molar-refractivity contribution in [1.82, 2.24) is 10.9 Å². The molecule has 1 heterocycles. The van der Waals surface area contributed by atoms with Crippen LogP contribution in [0.1, 0.15) is 9.67 Å². The number of hydrazine groups is 1. The summed E-state index contributed by atoms with van der Waals surface area (Å²) >= 11 is 2.49. The molecule has 0 aliphatic heterocycles. The second-order valence-electron chi connectivity index (χ2n) is 4.02. The number of non-ortho nitro benzene ring substituents is 1. The number of hydrogen-bond acceptors (Lipinski definition) is 6. The van der Waals surface area contributed by atoms with E-state index >= 15 is 0 Å². The lowest BCUT2D eigenvalue weighted by Gasteiger charge is -2.06. The highest BCUT2D eigenvalue weighted by Gasteiger charge is 2.09. The first-order valence-corrected chi connectivity index (χ1v) is 7.93. The van der Waals surface area contributed by atoms with Gasteiger partial charge in [0.15, 0.2) is 0 Å². The number of thiophene rings is 1. The molecule has 1 aromatic carbocycles. The Morgan fingerprint density at radius 1 is 1.18 bits per heavy atom. The highest BCUT2D eigenvalue weighted by atomic mass is 32.2. The molecular formula is C13H11N3O4S2. The monoisotopic (exact) mass is 337 g/mol. The molecule has 0 unspecified atom stereocenters. The SMILES string of the molecule is O=C(CSc1ccc([N+](=O)[O-])cc1)NNC(=O)c1cccs1. The Bertz CT molecular complexity index is 671. The molecule has 9 heteroatoms. The molecule has 0 bridgehead atoms. The number of carbonyl (C=O) groups excluding carboxylic acids is 2. The van der Waals surface area contributed by atoms with Gasteiger partial charge in [0, 0.05) is 17.0 Å². The van der Waals surface area contributed by atoms with Crippen LogP contribution < -0.4 is 10.9 Å². The van der Waals surface area contributed by atoms with E-state index in [0.29, 0.717) is 4.88 Å². The van der Waals surface area contributed by atoms with Crippen molar-refractivity contribution in [2.75, 3.05) is 5.75 Å². The van der Waals surface area contributed by atoms with Crippen LogP contribution in [0.5, 0.6) is 0 Å². The van der Waals surface area contributed by atoms with E-state index in [4.69, 9.17) is 0 Å². The average molecular weight is 337 g/mol. The summed E-state index contributed by atoms with van der Waals surface area (Å²) < 4.78 is 0. The van der Waals surface area contributed by atoms with Crippen LogP contribution in [-0.2, 0) is 4.79 Å². The molecule has 2 aromatic rings. The van der Waals surface area contributed by atoms with Crippen LogP contribution in [0.2, 0.25) is 0 Å². The summed E-state index contributed by atoms with van der Waals surface area (Å²) in [5, 5.41) is 12.3. The molecular weight excluding hydrogens is 326 g/mol. The summed E-state index contributed by atoms with van der Waals surface area (Å²) in [6, 6.07) is 9.28. The van der Waals surface area contributed by atoms with E-state index in [9.17, 15) is 19.7 Å². The van der Waals surface area contributed by atoms with Crippen molar-refractivity contribution in [3.05, 3.63) is 56.8 Å². The van der Waals surface area contributed by atoms with Crippen LogP contribution in [0, 0.1) is 10.1 Å². The van der Waals surface area contributed by atoms with Crippen molar-refractivity contribution in [3.63, 3.8) is 0 Å². The van der Waals surface area contributed by atoms with Gasteiger partial charge in [-0.15, -0.1) is 23.1 Å². The maximum absolute atomic E-state index is 11.6. The summed E-state index contributed by atoms with van der Waals surface area (Å²) in [6.07, 6.45) is 0. The summed E-state index contributed by atoms with van der Waals surface area (Å²) in [5.41, 5.74) is 4.62. The van der Waals surface area contributed by atoms with Gasteiger partial charge in [-0.05, 0) is 23.6 Å². The van der Waals surface area contributed by atoms with Crippen molar-refractivity contribution in [3.8, 4) is 0 Å². The minimum atomic E-state index is -0.485. The number of carbonyl (C=O) groups is 2. The van der Waals surface area contributed by atoms with E-state index in [1.54, 1.807) is 29.6 Å². The molecule has 2 rings (SSSR count). The molecule has 0 aliphatic carbocycles. The average Bonchev–Trinajstić information content (AvgIpc) is 3.05. The molecule has 0 atom stereocenters. The number of nitrogens with one attached hydrogen (secondary N) is 2. The fourth-order valence-corrected chi connectivity index (χ4v) is 2.76. The minimum Gasteiger partial charge on any atom is -0.272 e. The Kier molecular flexibility index (Phi) is 5.50. The first-order valence-electron chi connectivity index (χ1n) is 6.06. The van der Waals surface area contributed by atoms with Crippen LogP contribution in [0.25, 0.3) is 0 Å². The predicted octanol–water partition coefficient (Wildman–Crippen LogP) is 2.21. The van der Waals surface area contributed by atoms with Crippen LogP contribution in [0.3, 0.4) is 0 Å². The smallest absolute Gasteiger partial charge is 0.272 e. The summed E-state index contributed by atoms with van der Waals surface area (Å²) in [6.45, 7) is 0. The lowest BCUT2D eigenvalue weighted by atomic mass is 10.3. The van der Waals surface area contributed by atoms with Crippen LogP contribution in [0.4, 0.5) is 5.69 Å². The molecule has 0 radical (unpaired) electrons. The third-order valence-electron chi connectivity index (χ3n) is 2.48. The van der Waals surface area contributed by atoms with Gasteiger partial charge < -0.3 is 0 Å². The Labute approximate surface area is 133 Å². The first-order chi connectivity index (χ1) is 10.6. The number of hydrogen-bond donors (Lipinski definition) is 2. The third kappa shape index (κ3) is 4.57. The highest BCUT2D eigenvalue weighted by molar-refractivity contribution is 8.00. The van der Waals surface area contributed by atoms with Crippen LogP contribution in [0.15, 0.2) is 46.7 Å². The zero-order valence-corrected chi connectivity index (χ0v) is 12.8. The highest BCUT2D eigenvalue weighted by Crippen LogP contribution is 2.20. The first kappa shape index (κ1) is 16.0. The molecule has 2 amide bonds. The Hall–Kier alpha value is -2.39. The second-order valence-corrected chi connectivity index (χ2v) is 6.02. The summed E-state index contributed by atoms with van der Waals surface area (Å²) in [4.78, 5) is 34.5. The van der Waals surface area contributed by atoms with E-state index in [1.165, 1.54) is 35.2 Å². The number of thioether (sulfide) groups is 1. The van der Waals surface area contributed by atoms with Gasteiger partial charge in [0.1, 0.15) is 0 Å². The molecule has 7 nitrogen and oxygen atoms in total. The quantitative estimate of drug-likeness (QED) is 0.495. The van der Waals surface area contributed by atoms with Gasteiger partial charge in [0.05, 0.1) is 15.6 Å². The zero-order chi connectivity index (χ0) is 15.9. The van der Waals surface area contributed by atoms with Crippen LogP contribution in [-0.4, -0.2) is 22.5 Å². The van der Waals surface area contributed by atoms with Gasteiger partial charge in [-0.25, -0.2) is 0 Å². The van der Waals surface area contributed by atoms with Gasteiger partial charge in [-0.3, -0.25) is 30.6 Å². The summed E-state index contributed by atoms with van der Waals surface area (Å²) in [7, 11) is 0. The van der Waals surface area contributed by atoms with Crippen molar-refractivity contribution in [2.24, 2.45) is 0 Å². The molecule has 1 aromatic heterocycles. The molecule has 0 saturated heterocycles. The minimum absolute atomic E-state index is 0.00277. The standard InChI is InChI=1S/C13H11N3O4S2/c17-12(14-15-13(18)11-2-1-7-21-11)8-22-10-5-3-9(4-6-10)16(19)20/h1-7H,8H2,(H,14,17)(H,15,18). The molecule has 114 valence electrons. The Morgan fingerprint density at radius 2 is 1.91 bits per heavy atom. The molecule has 22 heavy (non-hydrogen) atoms. The normalized spacial score (nSPS) is 10.0. The van der Waals surface area contributed by atoms with Gasteiger partial charge in [0.25, 0.3) is 11.6 Å². The lowest BCUT2D eigenvalue weighted by molar-refractivity contribution is -0.384. The largest absolute Gasteiger partial charge is 0.279 e. The third-order valence-corrected chi connectivity index (χ3v) is 4.36. The van der Waals surface area contributed by atoms with Gasteiger partial charge in [-0.1, -0.05) is 6.07 Å². The molecule has 0 spiro atoms. The fraction of sp³-hybridized carbons (Fsp3) is 0.0769. The number of nitro groups is 1. The zero-order valence-electron chi connectivity index (χ0n) is 11.1. The molecule has 0 saturated carbocycles. The van der Waals surface area contributed by atoms with E-state index < -0.39 is 4.92 Å². The number of rotatable bonds is 5. The Morgan fingerprint density at radius 3 is 2.50 bits per heavy atom. The number of nitro benzene ring substituents is 1. The second kappa shape index (κ2) is 7.57. The van der Waals surface area contributed by atoms with Crippen LogP contribution >= 0.6 is 23.1 Å². The van der Waals surface area contributed by atoms with E-state index in [1.807, 2.05) is 0 Å². The predicted molar refractivity (Wildman–Crippen MR) is 83.7 cm³/mol. The van der Waals surface area contributed by atoms with E-state index in [0.717, 1.165) is 4.90 Å².